The standard InChI is InChI=1S/C18H27NO4/c1-12(2)19-13(3)10-15(14(19)4)16(20)11-23-17(21)18(22)8-6-5-7-9-18/h10,12,22H,5-9,11H2,1-4H3. The Morgan fingerprint density at radius 2 is 1.87 bits per heavy atom. The Morgan fingerprint density at radius 1 is 1.26 bits per heavy atom. The minimum atomic E-state index is -1.41. The van der Waals surface area contributed by atoms with Gasteiger partial charge in [-0.3, -0.25) is 4.79 Å². The highest BCUT2D eigenvalue weighted by Crippen LogP contribution is 2.29. The second-order valence-corrected chi connectivity index (χ2v) is 6.84. The minimum absolute atomic E-state index is 0.224. The van der Waals surface area contributed by atoms with E-state index in [1.54, 1.807) is 0 Å². The maximum absolute atomic E-state index is 12.4. The predicted octanol–water partition coefficient (Wildman–Crippen LogP) is 3.11. The van der Waals surface area contributed by atoms with Crippen molar-refractivity contribution in [2.45, 2.75) is 71.4 Å². The van der Waals surface area contributed by atoms with Crippen LogP contribution in [-0.4, -0.2) is 33.6 Å². The molecule has 0 atom stereocenters. The lowest BCUT2D eigenvalue weighted by atomic mass is 9.85. The first kappa shape index (κ1) is 17.7. The van der Waals surface area contributed by atoms with Gasteiger partial charge in [0, 0.05) is 23.0 Å². The van der Waals surface area contributed by atoms with E-state index in [1.807, 2.05) is 19.9 Å². The molecule has 1 aromatic rings. The van der Waals surface area contributed by atoms with Crippen LogP contribution in [0.4, 0.5) is 0 Å². The van der Waals surface area contributed by atoms with Crippen LogP contribution in [-0.2, 0) is 9.53 Å². The number of esters is 1. The second kappa shape index (κ2) is 6.87. The molecule has 1 aromatic heterocycles. The molecule has 0 bridgehead atoms. The van der Waals surface area contributed by atoms with Crippen LogP contribution >= 0.6 is 0 Å². The zero-order valence-electron chi connectivity index (χ0n) is 14.5. The highest BCUT2D eigenvalue weighted by molar-refractivity contribution is 5.99. The lowest BCUT2D eigenvalue weighted by molar-refractivity contribution is -0.167. The monoisotopic (exact) mass is 321 g/mol. The van der Waals surface area contributed by atoms with Gasteiger partial charge in [0.1, 0.15) is 0 Å². The highest BCUT2D eigenvalue weighted by Gasteiger charge is 2.39. The van der Waals surface area contributed by atoms with Crippen molar-refractivity contribution in [2.24, 2.45) is 0 Å². The van der Waals surface area contributed by atoms with Crippen LogP contribution in [0.5, 0.6) is 0 Å². The van der Waals surface area contributed by atoms with Crippen molar-refractivity contribution >= 4 is 11.8 Å². The van der Waals surface area contributed by atoms with Crippen LogP contribution in [0, 0.1) is 13.8 Å². The van der Waals surface area contributed by atoms with Gasteiger partial charge in [-0.15, -0.1) is 0 Å². The lowest BCUT2D eigenvalue weighted by Crippen LogP contribution is -2.42. The van der Waals surface area contributed by atoms with E-state index in [9.17, 15) is 14.7 Å². The van der Waals surface area contributed by atoms with Crippen LogP contribution in [0.15, 0.2) is 6.07 Å². The van der Waals surface area contributed by atoms with Crippen molar-refractivity contribution in [2.75, 3.05) is 6.61 Å². The molecule has 128 valence electrons. The van der Waals surface area contributed by atoms with E-state index in [4.69, 9.17) is 4.74 Å². The van der Waals surface area contributed by atoms with Gasteiger partial charge < -0.3 is 14.4 Å². The number of nitrogens with zero attached hydrogens (tertiary/aromatic N) is 1. The first-order chi connectivity index (χ1) is 10.8. The molecule has 0 aromatic carbocycles. The Morgan fingerprint density at radius 3 is 2.39 bits per heavy atom. The molecule has 0 aliphatic heterocycles. The van der Waals surface area contributed by atoms with E-state index >= 15 is 0 Å². The molecule has 0 radical (unpaired) electrons. The summed E-state index contributed by atoms with van der Waals surface area (Å²) in [6.45, 7) is 7.67. The zero-order valence-corrected chi connectivity index (χ0v) is 14.5. The Balaban J connectivity index is 2.03. The van der Waals surface area contributed by atoms with Gasteiger partial charge >= 0.3 is 5.97 Å². The third-order valence-corrected chi connectivity index (χ3v) is 4.70. The summed E-state index contributed by atoms with van der Waals surface area (Å²) < 4.78 is 7.20. The molecular formula is C18H27NO4. The van der Waals surface area contributed by atoms with Crippen molar-refractivity contribution in [3.05, 3.63) is 23.0 Å². The Labute approximate surface area is 137 Å². The molecule has 1 N–H and O–H groups in total. The Kier molecular flexibility index (Phi) is 5.30. The highest BCUT2D eigenvalue weighted by atomic mass is 16.6. The van der Waals surface area contributed by atoms with E-state index in [2.05, 4.69) is 18.4 Å². The van der Waals surface area contributed by atoms with Crippen LogP contribution < -0.4 is 0 Å². The normalized spacial score (nSPS) is 17.3. The molecule has 1 saturated carbocycles. The molecule has 0 unspecified atom stereocenters. The van der Waals surface area contributed by atoms with Crippen molar-refractivity contribution < 1.29 is 19.4 Å². The summed E-state index contributed by atoms with van der Waals surface area (Å²) in [6.07, 6.45) is 3.49. The molecule has 2 rings (SSSR count). The first-order valence-electron chi connectivity index (χ1n) is 8.37. The molecule has 23 heavy (non-hydrogen) atoms. The summed E-state index contributed by atoms with van der Waals surface area (Å²) >= 11 is 0. The van der Waals surface area contributed by atoms with E-state index in [0.717, 1.165) is 30.7 Å². The van der Waals surface area contributed by atoms with Gasteiger partial charge in [-0.05, 0) is 59.4 Å². The maximum Gasteiger partial charge on any atom is 0.338 e. The maximum atomic E-state index is 12.4. The van der Waals surface area contributed by atoms with E-state index in [0.29, 0.717) is 18.4 Å². The molecule has 0 saturated heterocycles. The number of hydrogen-bond donors (Lipinski definition) is 1. The quantitative estimate of drug-likeness (QED) is 0.668. The van der Waals surface area contributed by atoms with E-state index in [1.165, 1.54) is 0 Å². The fraction of sp³-hybridized carbons (Fsp3) is 0.667. The molecule has 1 heterocycles. The number of ether oxygens (including phenoxy) is 1. The van der Waals surface area contributed by atoms with Gasteiger partial charge in [-0.1, -0.05) is 6.42 Å². The van der Waals surface area contributed by atoms with Gasteiger partial charge in [-0.25, -0.2) is 4.79 Å². The first-order valence-corrected chi connectivity index (χ1v) is 8.37. The third kappa shape index (κ3) is 3.66. The van der Waals surface area contributed by atoms with Crippen molar-refractivity contribution in [3.63, 3.8) is 0 Å². The average molecular weight is 321 g/mol. The Hall–Kier alpha value is -1.62. The molecular weight excluding hydrogens is 294 g/mol. The average Bonchev–Trinajstić information content (AvgIpc) is 2.80. The van der Waals surface area contributed by atoms with Crippen LogP contribution in [0.25, 0.3) is 0 Å². The smallest absolute Gasteiger partial charge is 0.338 e. The summed E-state index contributed by atoms with van der Waals surface area (Å²) in [7, 11) is 0. The summed E-state index contributed by atoms with van der Waals surface area (Å²) in [5.74, 6) is -0.888. The summed E-state index contributed by atoms with van der Waals surface area (Å²) in [4.78, 5) is 24.5. The van der Waals surface area contributed by atoms with Crippen molar-refractivity contribution in [3.8, 4) is 0 Å². The molecule has 1 fully saturated rings. The molecule has 0 amide bonds. The van der Waals surface area contributed by atoms with Gasteiger partial charge in [0.05, 0.1) is 0 Å². The van der Waals surface area contributed by atoms with Crippen molar-refractivity contribution in [1.82, 2.24) is 4.57 Å². The number of rotatable bonds is 5. The lowest BCUT2D eigenvalue weighted by Gasteiger charge is -2.29. The van der Waals surface area contributed by atoms with Gasteiger partial charge in [0.2, 0.25) is 5.78 Å². The van der Waals surface area contributed by atoms with Crippen LogP contribution in [0.2, 0.25) is 0 Å². The third-order valence-electron chi connectivity index (χ3n) is 4.70. The number of aliphatic hydroxyl groups is 1. The predicted molar refractivity (Wildman–Crippen MR) is 87.6 cm³/mol. The van der Waals surface area contributed by atoms with Crippen molar-refractivity contribution in [1.29, 1.82) is 0 Å². The molecule has 5 nitrogen and oxygen atoms in total. The van der Waals surface area contributed by atoms with Gasteiger partial charge in [-0.2, -0.15) is 0 Å². The number of carbonyl (C=O) groups is 2. The van der Waals surface area contributed by atoms with Gasteiger partial charge in [0.25, 0.3) is 0 Å². The fourth-order valence-corrected chi connectivity index (χ4v) is 3.54. The molecule has 1 aliphatic rings. The number of aromatic nitrogens is 1. The van der Waals surface area contributed by atoms with Crippen LogP contribution in [0.1, 0.15) is 73.7 Å². The number of carbonyl (C=O) groups excluding carboxylic acids is 2. The summed E-state index contributed by atoms with van der Waals surface area (Å²) in [6, 6.07) is 2.10. The number of ketones is 1. The van der Waals surface area contributed by atoms with Gasteiger partial charge in [0.15, 0.2) is 12.2 Å². The fourth-order valence-electron chi connectivity index (χ4n) is 3.54. The largest absolute Gasteiger partial charge is 0.455 e. The SMILES string of the molecule is Cc1cc(C(=O)COC(=O)C2(O)CCCCC2)c(C)n1C(C)C. The van der Waals surface area contributed by atoms with Crippen LogP contribution in [0.3, 0.4) is 0 Å². The topological polar surface area (TPSA) is 68.5 Å². The zero-order chi connectivity index (χ0) is 17.2. The Bertz CT molecular complexity index is 594. The number of hydrogen-bond acceptors (Lipinski definition) is 4. The summed E-state index contributed by atoms with van der Waals surface area (Å²) in [5.41, 5.74) is 1.07. The minimum Gasteiger partial charge on any atom is -0.455 e. The molecule has 1 aliphatic carbocycles. The second-order valence-electron chi connectivity index (χ2n) is 6.84. The van der Waals surface area contributed by atoms with E-state index in [-0.39, 0.29) is 18.4 Å². The van der Waals surface area contributed by atoms with E-state index < -0.39 is 11.6 Å². The molecule has 0 spiro atoms. The number of aryl methyl sites for hydroxylation is 1. The molecule has 5 heteroatoms. The number of Topliss-reactive ketones (excluding diaryl/α,β-unsaturated/α-hetero) is 1. The summed E-state index contributed by atoms with van der Waals surface area (Å²) in [5, 5.41) is 10.3.